The molecule has 0 amide bonds. The average Bonchev–Trinajstić information content (AvgIpc) is 2.95. The van der Waals surface area contributed by atoms with Gasteiger partial charge < -0.3 is 4.52 Å². The second kappa shape index (κ2) is 7.32. The monoisotopic (exact) mass is 318 g/mol. The van der Waals surface area contributed by atoms with Gasteiger partial charge in [-0.2, -0.15) is 4.98 Å². The Balaban J connectivity index is 2.04. The van der Waals surface area contributed by atoms with Gasteiger partial charge in [0.1, 0.15) is 0 Å². The first kappa shape index (κ1) is 17.1. The minimum absolute atomic E-state index is 0.0414. The fraction of sp³-hybridized carbons (Fsp3) is 0.500. The molecule has 1 atom stereocenters. The van der Waals surface area contributed by atoms with Crippen LogP contribution >= 0.6 is 0 Å². The van der Waals surface area contributed by atoms with Gasteiger partial charge in [-0.25, -0.2) is 0 Å². The normalized spacial score (nSPS) is 12.8. The van der Waals surface area contributed by atoms with Gasteiger partial charge in [-0.1, -0.05) is 19.0 Å². The number of aromatic nitrogens is 2. The number of nitro groups is 1. The van der Waals surface area contributed by atoms with E-state index < -0.39 is 4.92 Å². The van der Waals surface area contributed by atoms with Gasteiger partial charge in [0.25, 0.3) is 5.69 Å². The van der Waals surface area contributed by atoms with E-state index in [0.717, 1.165) is 6.42 Å². The van der Waals surface area contributed by atoms with Crippen molar-refractivity contribution in [1.29, 1.82) is 0 Å². The van der Waals surface area contributed by atoms with Crippen molar-refractivity contribution in [2.24, 2.45) is 5.92 Å². The molecule has 1 aromatic heterocycles. The summed E-state index contributed by atoms with van der Waals surface area (Å²) < 4.78 is 5.29. The van der Waals surface area contributed by atoms with Crippen LogP contribution < -0.4 is 0 Å². The van der Waals surface area contributed by atoms with Crippen LogP contribution in [0.2, 0.25) is 0 Å². The lowest BCUT2D eigenvalue weighted by Crippen LogP contribution is -2.29. The number of hydrogen-bond acceptors (Lipinski definition) is 6. The minimum atomic E-state index is -0.434. The van der Waals surface area contributed by atoms with Gasteiger partial charge >= 0.3 is 0 Å². The quantitative estimate of drug-likeness (QED) is 0.573. The van der Waals surface area contributed by atoms with Crippen molar-refractivity contribution in [1.82, 2.24) is 15.0 Å². The van der Waals surface area contributed by atoms with E-state index in [4.69, 9.17) is 4.52 Å². The smallest absolute Gasteiger partial charge is 0.269 e. The zero-order valence-corrected chi connectivity index (χ0v) is 13.9. The Morgan fingerprint density at radius 3 is 2.48 bits per heavy atom. The molecule has 2 rings (SSSR count). The lowest BCUT2D eigenvalue weighted by molar-refractivity contribution is -0.384. The third kappa shape index (κ3) is 4.59. The third-order valence-electron chi connectivity index (χ3n) is 3.75. The Bertz CT molecular complexity index is 652. The summed E-state index contributed by atoms with van der Waals surface area (Å²) >= 11 is 0. The number of hydrogen-bond donors (Lipinski definition) is 0. The van der Waals surface area contributed by atoms with Crippen LogP contribution in [0.15, 0.2) is 28.8 Å². The predicted octanol–water partition coefficient (Wildman–Crippen LogP) is 3.51. The Labute approximate surface area is 135 Å². The minimum Gasteiger partial charge on any atom is -0.338 e. The van der Waals surface area contributed by atoms with Crippen LogP contribution in [0.4, 0.5) is 5.69 Å². The van der Waals surface area contributed by atoms with E-state index in [-0.39, 0.29) is 5.69 Å². The standard InChI is InChI=1S/C16H22N4O3/c1-11(2)9-12(3)19(4)10-15-17-16(18-23-15)13-5-7-14(8-6-13)20(21)22/h5-8,11-12H,9-10H2,1-4H3. The van der Waals surface area contributed by atoms with E-state index in [1.165, 1.54) is 12.1 Å². The zero-order chi connectivity index (χ0) is 17.0. The highest BCUT2D eigenvalue weighted by molar-refractivity contribution is 5.56. The molecular formula is C16H22N4O3. The molecule has 1 heterocycles. The van der Waals surface area contributed by atoms with Crippen LogP contribution in [0, 0.1) is 16.0 Å². The summed E-state index contributed by atoms with van der Waals surface area (Å²) in [7, 11) is 2.03. The van der Waals surface area contributed by atoms with Crippen molar-refractivity contribution in [2.75, 3.05) is 7.05 Å². The molecule has 0 bridgehead atoms. The number of nitrogens with zero attached hydrogens (tertiary/aromatic N) is 4. The maximum Gasteiger partial charge on any atom is 0.269 e. The molecule has 0 saturated heterocycles. The summed E-state index contributed by atoms with van der Waals surface area (Å²) in [6.07, 6.45) is 1.10. The Kier molecular flexibility index (Phi) is 5.44. The van der Waals surface area contributed by atoms with E-state index in [1.807, 2.05) is 7.05 Å². The van der Waals surface area contributed by atoms with Crippen LogP contribution in [-0.4, -0.2) is 33.1 Å². The fourth-order valence-corrected chi connectivity index (χ4v) is 2.40. The summed E-state index contributed by atoms with van der Waals surface area (Å²) in [6, 6.07) is 6.53. The lowest BCUT2D eigenvalue weighted by Gasteiger charge is -2.24. The lowest BCUT2D eigenvalue weighted by atomic mass is 10.0. The van der Waals surface area contributed by atoms with Crippen LogP contribution in [0.1, 0.15) is 33.1 Å². The van der Waals surface area contributed by atoms with Gasteiger partial charge in [0.2, 0.25) is 11.7 Å². The van der Waals surface area contributed by atoms with Gasteiger partial charge in [0, 0.05) is 23.7 Å². The highest BCUT2D eigenvalue weighted by Crippen LogP contribution is 2.20. The van der Waals surface area contributed by atoms with Gasteiger partial charge in [-0.05, 0) is 38.4 Å². The average molecular weight is 318 g/mol. The molecule has 0 fully saturated rings. The molecule has 1 unspecified atom stereocenters. The van der Waals surface area contributed by atoms with E-state index in [0.29, 0.717) is 35.8 Å². The van der Waals surface area contributed by atoms with Crippen LogP contribution in [0.25, 0.3) is 11.4 Å². The van der Waals surface area contributed by atoms with E-state index in [9.17, 15) is 10.1 Å². The van der Waals surface area contributed by atoms with Crippen molar-refractivity contribution in [2.45, 2.75) is 39.8 Å². The first-order valence-electron chi connectivity index (χ1n) is 7.64. The van der Waals surface area contributed by atoms with Gasteiger partial charge in [-0.3, -0.25) is 15.0 Å². The Morgan fingerprint density at radius 1 is 1.26 bits per heavy atom. The molecule has 0 N–H and O–H groups in total. The number of benzene rings is 1. The van der Waals surface area contributed by atoms with Crippen LogP contribution in [0.5, 0.6) is 0 Å². The highest BCUT2D eigenvalue weighted by atomic mass is 16.6. The van der Waals surface area contributed by atoms with E-state index in [1.54, 1.807) is 12.1 Å². The predicted molar refractivity (Wildman–Crippen MR) is 86.8 cm³/mol. The molecular weight excluding hydrogens is 296 g/mol. The topological polar surface area (TPSA) is 85.3 Å². The Morgan fingerprint density at radius 2 is 1.91 bits per heavy atom. The highest BCUT2D eigenvalue weighted by Gasteiger charge is 2.16. The largest absolute Gasteiger partial charge is 0.338 e. The summed E-state index contributed by atoms with van der Waals surface area (Å²) in [5, 5.41) is 14.6. The molecule has 124 valence electrons. The maximum absolute atomic E-state index is 10.7. The number of nitro benzene ring substituents is 1. The molecule has 1 aromatic carbocycles. The van der Waals surface area contributed by atoms with E-state index >= 15 is 0 Å². The Hall–Kier alpha value is -2.28. The van der Waals surface area contributed by atoms with E-state index in [2.05, 4.69) is 35.8 Å². The second-order valence-corrected chi connectivity index (χ2v) is 6.21. The third-order valence-corrected chi connectivity index (χ3v) is 3.75. The van der Waals surface area contributed by atoms with Gasteiger partial charge in [0.05, 0.1) is 11.5 Å². The first-order valence-corrected chi connectivity index (χ1v) is 7.64. The molecule has 0 aliphatic heterocycles. The van der Waals surface area contributed by atoms with Crippen molar-refractivity contribution in [3.8, 4) is 11.4 Å². The zero-order valence-electron chi connectivity index (χ0n) is 13.9. The number of non-ortho nitro benzene ring substituents is 1. The van der Waals surface area contributed by atoms with Crippen LogP contribution in [-0.2, 0) is 6.54 Å². The molecule has 7 nitrogen and oxygen atoms in total. The molecule has 0 aliphatic carbocycles. The van der Waals surface area contributed by atoms with Crippen molar-refractivity contribution in [3.05, 3.63) is 40.3 Å². The van der Waals surface area contributed by atoms with Crippen molar-refractivity contribution in [3.63, 3.8) is 0 Å². The van der Waals surface area contributed by atoms with Crippen LogP contribution in [0.3, 0.4) is 0 Å². The molecule has 2 aromatic rings. The second-order valence-electron chi connectivity index (χ2n) is 6.21. The number of rotatable bonds is 7. The molecule has 0 spiro atoms. The summed E-state index contributed by atoms with van der Waals surface area (Å²) in [6.45, 7) is 7.15. The van der Waals surface area contributed by atoms with Crippen molar-refractivity contribution < 1.29 is 9.45 Å². The summed E-state index contributed by atoms with van der Waals surface area (Å²) in [5.41, 5.74) is 0.739. The molecule has 0 radical (unpaired) electrons. The SMILES string of the molecule is CC(C)CC(C)N(C)Cc1nc(-c2ccc([N+](=O)[O-])cc2)no1. The molecule has 0 saturated carbocycles. The fourth-order valence-electron chi connectivity index (χ4n) is 2.40. The van der Waals surface area contributed by atoms with Gasteiger partial charge in [-0.15, -0.1) is 0 Å². The molecule has 7 heteroatoms. The maximum atomic E-state index is 10.7. The first-order chi connectivity index (χ1) is 10.9. The summed E-state index contributed by atoms with van der Waals surface area (Å²) in [5.74, 6) is 1.61. The molecule has 0 aliphatic rings. The van der Waals surface area contributed by atoms with Gasteiger partial charge in [0.15, 0.2) is 0 Å². The summed E-state index contributed by atoms with van der Waals surface area (Å²) in [4.78, 5) is 16.8. The molecule has 23 heavy (non-hydrogen) atoms. The van der Waals surface area contributed by atoms with Crippen molar-refractivity contribution >= 4 is 5.69 Å².